The number of aromatic nitrogens is 3. The lowest BCUT2D eigenvalue weighted by molar-refractivity contribution is -0.196. The minimum Gasteiger partial charge on any atom is -0.508 e. The van der Waals surface area contributed by atoms with Gasteiger partial charge in [0.1, 0.15) is 39.6 Å². The number of halogens is 2. The van der Waals surface area contributed by atoms with E-state index in [-0.39, 0.29) is 63.8 Å². The van der Waals surface area contributed by atoms with Gasteiger partial charge < -0.3 is 34.1 Å². The summed E-state index contributed by atoms with van der Waals surface area (Å²) in [5, 5.41) is 22.4. The van der Waals surface area contributed by atoms with Crippen LogP contribution in [0.1, 0.15) is 51.9 Å². The van der Waals surface area contributed by atoms with Crippen molar-refractivity contribution in [2.75, 3.05) is 64.7 Å². The van der Waals surface area contributed by atoms with Crippen molar-refractivity contribution >= 4 is 27.5 Å². The standard InChI is InChI=1S/C39H45F2N5O6/c1-37(48)18-45(12-13-50-19-37)34-30-33(31(41)32(42-35(30)49-2)26-15-25(47)14-23-6-3-7-27(40)29(23)26)43-36(44-34)52-22-39-9-4-8-28(39)46(11-5-10-39)24-16-38(17-24)20-51-21-38/h3,6-7,14-15,24,28,47-48H,4-5,8-13,16-22H2,1-2H3. The lowest BCUT2D eigenvalue weighted by atomic mass is 9.62. The molecule has 0 bridgehead atoms. The molecule has 13 heteroatoms. The Labute approximate surface area is 300 Å². The van der Waals surface area contributed by atoms with Crippen molar-refractivity contribution in [2.45, 2.75) is 69.6 Å². The van der Waals surface area contributed by atoms with Crippen LogP contribution >= 0.6 is 0 Å². The van der Waals surface area contributed by atoms with Gasteiger partial charge in [-0.2, -0.15) is 9.97 Å². The third-order valence-corrected chi connectivity index (χ3v) is 12.3. The molecule has 276 valence electrons. The Hall–Kier alpha value is -3.91. The molecule has 3 atom stereocenters. The summed E-state index contributed by atoms with van der Waals surface area (Å²) in [5.74, 6) is -1.29. The third-order valence-electron chi connectivity index (χ3n) is 12.3. The molecule has 9 rings (SSSR count). The van der Waals surface area contributed by atoms with Crippen LogP contribution in [0.2, 0.25) is 0 Å². The molecule has 3 saturated heterocycles. The third kappa shape index (κ3) is 5.62. The van der Waals surface area contributed by atoms with Crippen molar-refractivity contribution in [3.63, 3.8) is 0 Å². The second-order valence-electron chi connectivity index (χ2n) is 16.1. The average molecular weight is 718 g/mol. The van der Waals surface area contributed by atoms with Crippen LogP contribution in [-0.2, 0) is 9.47 Å². The van der Waals surface area contributed by atoms with E-state index >= 15 is 8.78 Å². The molecule has 2 aromatic heterocycles. The predicted molar refractivity (Wildman–Crippen MR) is 190 cm³/mol. The van der Waals surface area contributed by atoms with Crippen LogP contribution in [0.4, 0.5) is 14.6 Å². The quantitative estimate of drug-likeness (QED) is 0.248. The van der Waals surface area contributed by atoms with Crippen LogP contribution in [0, 0.1) is 22.5 Å². The maximum absolute atomic E-state index is 17.1. The number of pyridine rings is 1. The Balaban J connectivity index is 1.14. The molecule has 3 unspecified atom stereocenters. The minimum absolute atomic E-state index is 0.00345. The number of fused-ring (bicyclic) bond motifs is 3. The zero-order valence-corrected chi connectivity index (χ0v) is 29.7. The molecule has 4 aromatic rings. The van der Waals surface area contributed by atoms with Crippen molar-refractivity contribution in [2.24, 2.45) is 10.8 Å². The summed E-state index contributed by atoms with van der Waals surface area (Å²) < 4.78 is 56.1. The van der Waals surface area contributed by atoms with E-state index in [1.165, 1.54) is 44.2 Å². The Kier molecular flexibility index (Phi) is 8.22. The highest BCUT2D eigenvalue weighted by Crippen LogP contribution is 2.55. The van der Waals surface area contributed by atoms with E-state index in [9.17, 15) is 10.2 Å². The number of benzene rings is 2. The SMILES string of the molecule is COc1nc(-c2cc(O)cc3cccc(F)c23)c(F)c2nc(OCC34CCCC3N(C3CC5(COC5)C3)CCC4)nc(N3CCOCC(C)(O)C3)c12. The molecule has 2 aliphatic carbocycles. The maximum atomic E-state index is 17.1. The molecule has 5 fully saturated rings. The van der Waals surface area contributed by atoms with Gasteiger partial charge in [-0.25, -0.2) is 13.8 Å². The molecule has 2 N–H and O–H groups in total. The Bertz CT molecular complexity index is 2040. The highest BCUT2D eigenvalue weighted by atomic mass is 19.1. The number of anilines is 1. The number of aromatic hydroxyl groups is 1. The van der Waals surface area contributed by atoms with Crippen LogP contribution in [-0.4, -0.2) is 108 Å². The Morgan fingerprint density at radius 2 is 1.83 bits per heavy atom. The van der Waals surface area contributed by atoms with Gasteiger partial charge in [-0.15, -0.1) is 0 Å². The van der Waals surface area contributed by atoms with E-state index in [4.69, 9.17) is 28.9 Å². The Morgan fingerprint density at radius 3 is 2.62 bits per heavy atom. The smallest absolute Gasteiger partial charge is 0.319 e. The molecule has 2 aromatic carbocycles. The number of aliphatic hydroxyl groups is 1. The normalized spacial score (nSPS) is 27.7. The molecule has 11 nitrogen and oxygen atoms in total. The molecular formula is C39H45F2N5O6. The molecule has 2 saturated carbocycles. The van der Waals surface area contributed by atoms with Crippen molar-refractivity contribution in [3.8, 4) is 28.9 Å². The van der Waals surface area contributed by atoms with Crippen molar-refractivity contribution in [3.05, 3.63) is 42.0 Å². The highest BCUT2D eigenvalue weighted by molar-refractivity contribution is 6.02. The molecule has 3 aliphatic heterocycles. The summed E-state index contributed by atoms with van der Waals surface area (Å²) in [6, 6.07) is 8.13. The number of nitrogens with zero attached hydrogens (tertiary/aromatic N) is 5. The van der Waals surface area contributed by atoms with Crippen molar-refractivity contribution in [1.82, 2.24) is 19.9 Å². The number of methoxy groups -OCH3 is 1. The fraction of sp³-hybridized carbons (Fsp3) is 0.564. The molecule has 52 heavy (non-hydrogen) atoms. The van der Waals surface area contributed by atoms with Gasteiger partial charge >= 0.3 is 6.01 Å². The summed E-state index contributed by atoms with van der Waals surface area (Å²) in [4.78, 5) is 18.7. The minimum atomic E-state index is -1.22. The van der Waals surface area contributed by atoms with Gasteiger partial charge in [0.05, 0.1) is 46.7 Å². The number of β-amino-alcohol motifs (C(OH)–C–C–N with tert-alkyl or cyclic N) is 1. The van der Waals surface area contributed by atoms with Crippen molar-refractivity contribution < 1.29 is 37.9 Å². The molecule has 0 radical (unpaired) electrons. The van der Waals surface area contributed by atoms with E-state index in [0.29, 0.717) is 48.5 Å². The maximum Gasteiger partial charge on any atom is 0.319 e. The monoisotopic (exact) mass is 717 g/mol. The number of piperidine rings is 1. The van der Waals surface area contributed by atoms with Gasteiger partial charge in [0.15, 0.2) is 5.82 Å². The van der Waals surface area contributed by atoms with Crippen LogP contribution in [0.25, 0.3) is 32.9 Å². The second-order valence-corrected chi connectivity index (χ2v) is 16.1. The first kappa shape index (κ1) is 33.9. The summed E-state index contributed by atoms with van der Waals surface area (Å²) >= 11 is 0. The average Bonchev–Trinajstić information content (AvgIpc) is 3.43. The van der Waals surface area contributed by atoms with E-state index in [2.05, 4.69) is 9.88 Å². The largest absolute Gasteiger partial charge is 0.508 e. The molecule has 5 aliphatic rings. The summed E-state index contributed by atoms with van der Waals surface area (Å²) in [6.45, 7) is 5.84. The topological polar surface area (TPSA) is 123 Å². The zero-order valence-electron chi connectivity index (χ0n) is 29.7. The van der Waals surface area contributed by atoms with Crippen LogP contribution in [0.3, 0.4) is 0 Å². The summed E-state index contributed by atoms with van der Waals surface area (Å²) in [6.07, 6.45) is 7.77. The number of hydrogen-bond donors (Lipinski definition) is 2. The van der Waals surface area contributed by atoms with Gasteiger partial charge in [0, 0.05) is 40.4 Å². The molecular weight excluding hydrogens is 672 g/mol. The fourth-order valence-electron chi connectivity index (χ4n) is 9.85. The van der Waals surface area contributed by atoms with Crippen LogP contribution < -0.4 is 14.4 Å². The molecule has 5 heterocycles. The van der Waals surface area contributed by atoms with E-state index in [0.717, 1.165) is 51.9 Å². The second kappa shape index (κ2) is 12.6. The van der Waals surface area contributed by atoms with Crippen LogP contribution in [0.15, 0.2) is 30.3 Å². The first-order valence-electron chi connectivity index (χ1n) is 18.5. The van der Waals surface area contributed by atoms with Crippen molar-refractivity contribution in [1.29, 1.82) is 0 Å². The summed E-state index contributed by atoms with van der Waals surface area (Å²) in [7, 11) is 1.41. The number of hydrogen-bond acceptors (Lipinski definition) is 11. The first-order chi connectivity index (χ1) is 25.1. The Morgan fingerprint density at radius 1 is 1.00 bits per heavy atom. The lowest BCUT2D eigenvalue weighted by Gasteiger charge is -2.60. The van der Waals surface area contributed by atoms with Crippen LogP contribution in [0.5, 0.6) is 17.6 Å². The van der Waals surface area contributed by atoms with Gasteiger partial charge in [0.25, 0.3) is 0 Å². The van der Waals surface area contributed by atoms with Gasteiger partial charge in [-0.1, -0.05) is 18.6 Å². The van der Waals surface area contributed by atoms with E-state index in [1.807, 2.05) is 4.90 Å². The highest BCUT2D eigenvalue weighted by Gasteiger charge is 2.56. The summed E-state index contributed by atoms with van der Waals surface area (Å²) in [5.41, 5.74) is -1.21. The number of rotatable bonds is 7. The lowest BCUT2D eigenvalue weighted by Crippen LogP contribution is -2.64. The number of ether oxygens (including phenoxy) is 4. The van der Waals surface area contributed by atoms with E-state index in [1.54, 1.807) is 13.0 Å². The van der Waals surface area contributed by atoms with Gasteiger partial charge in [-0.3, -0.25) is 4.90 Å². The number of likely N-dealkylation sites (tertiary alicyclic amines) is 1. The predicted octanol–water partition coefficient (Wildman–Crippen LogP) is 5.62. The van der Waals surface area contributed by atoms with Gasteiger partial charge in [-0.05, 0) is 75.6 Å². The number of phenolic OH excluding ortho intramolecular Hbond substituents is 1. The molecule has 1 spiro atoms. The molecule has 0 amide bonds. The number of phenols is 1. The zero-order chi connectivity index (χ0) is 35.8. The van der Waals surface area contributed by atoms with Gasteiger partial charge in [0.2, 0.25) is 5.88 Å². The van der Waals surface area contributed by atoms with E-state index < -0.39 is 17.2 Å². The fourth-order valence-corrected chi connectivity index (χ4v) is 9.85. The first-order valence-corrected chi connectivity index (χ1v) is 18.5.